The van der Waals surface area contributed by atoms with E-state index in [0.717, 1.165) is 25.3 Å². The second-order valence-electron chi connectivity index (χ2n) is 4.45. The first-order chi connectivity index (χ1) is 7.05. The Morgan fingerprint density at radius 1 is 1.53 bits per heavy atom. The molecule has 0 unspecified atom stereocenters. The third-order valence-corrected chi connectivity index (χ3v) is 2.62. The van der Waals surface area contributed by atoms with E-state index >= 15 is 0 Å². The van der Waals surface area contributed by atoms with Crippen LogP contribution in [0.4, 0.5) is 0 Å². The zero-order valence-corrected chi connectivity index (χ0v) is 9.82. The van der Waals surface area contributed by atoms with Crippen LogP contribution >= 0.6 is 0 Å². The number of hydrogen-bond acceptors (Lipinski definition) is 3. The van der Waals surface area contributed by atoms with Crippen LogP contribution in [0.1, 0.15) is 26.1 Å². The standard InChI is InChI=1S/C11H21N3O/c1-10-12-5-7-14(10)8-6-13-11(2,3)4-9-15/h5,7,13,15H,4,6,8-9H2,1-3H3. The smallest absolute Gasteiger partial charge is 0.105 e. The molecular weight excluding hydrogens is 190 g/mol. The zero-order chi connectivity index (χ0) is 11.3. The van der Waals surface area contributed by atoms with Crippen molar-refractivity contribution in [3.05, 3.63) is 18.2 Å². The van der Waals surface area contributed by atoms with Crippen LogP contribution < -0.4 is 5.32 Å². The highest BCUT2D eigenvalue weighted by atomic mass is 16.3. The summed E-state index contributed by atoms with van der Waals surface area (Å²) in [6, 6.07) is 0. The zero-order valence-electron chi connectivity index (χ0n) is 9.82. The van der Waals surface area contributed by atoms with E-state index in [1.54, 1.807) is 0 Å². The van der Waals surface area contributed by atoms with Gasteiger partial charge in [0.25, 0.3) is 0 Å². The van der Waals surface area contributed by atoms with Crippen LogP contribution in [-0.4, -0.2) is 33.3 Å². The maximum absolute atomic E-state index is 8.87. The average Bonchev–Trinajstić information content (AvgIpc) is 2.51. The maximum Gasteiger partial charge on any atom is 0.105 e. The maximum atomic E-state index is 8.87. The van der Waals surface area contributed by atoms with Gasteiger partial charge in [0, 0.05) is 37.6 Å². The van der Waals surface area contributed by atoms with Gasteiger partial charge >= 0.3 is 0 Å². The summed E-state index contributed by atoms with van der Waals surface area (Å²) in [4.78, 5) is 4.16. The molecule has 1 rings (SSSR count). The minimum absolute atomic E-state index is 0.00321. The Labute approximate surface area is 91.3 Å². The summed E-state index contributed by atoms with van der Waals surface area (Å²) in [6.07, 6.45) is 4.57. The number of aromatic nitrogens is 2. The first-order valence-electron chi connectivity index (χ1n) is 5.39. The molecule has 0 radical (unpaired) electrons. The van der Waals surface area contributed by atoms with Crippen LogP contribution in [0.15, 0.2) is 12.4 Å². The highest BCUT2D eigenvalue weighted by Crippen LogP contribution is 2.06. The minimum atomic E-state index is 0.00321. The molecule has 0 aliphatic carbocycles. The largest absolute Gasteiger partial charge is 0.396 e. The molecule has 0 saturated heterocycles. The number of aliphatic hydroxyl groups is 1. The third-order valence-electron chi connectivity index (χ3n) is 2.62. The molecule has 86 valence electrons. The summed E-state index contributed by atoms with van der Waals surface area (Å²) in [6.45, 7) is 8.24. The quantitative estimate of drug-likeness (QED) is 0.736. The van der Waals surface area contributed by atoms with E-state index in [4.69, 9.17) is 5.11 Å². The summed E-state index contributed by atoms with van der Waals surface area (Å²) < 4.78 is 2.11. The second kappa shape index (κ2) is 5.28. The van der Waals surface area contributed by atoms with E-state index in [1.165, 1.54) is 0 Å². The molecule has 1 aromatic heterocycles. The van der Waals surface area contributed by atoms with Gasteiger partial charge in [-0.3, -0.25) is 0 Å². The Morgan fingerprint density at radius 3 is 2.80 bits per heavy atom. The minimum Gasteiger partial charge on any atom is -0.396 e. The lowest BCUT2D eigenvalue weighted by atomic mass is 10.0. The van der Waals surface area contributed by atoms with Crippen molar-refractivity contribution < 1.29 is 5.11 Å². The van der Waals surface area contributed by atoms with Crippen LogP contribution in [0, 0.1) is 6.92 Å². The fraction of sp³-hybridized carbons (Fsp3) is 0.727. The van der Waals surface area contributed by atoms with Crippen LogP contribution in [0.2, 0.25) is 0 Å². The summed E-state index contributed by atoms with van der Waals surface area (Å²) in [5.41, 5.74) is 0.00321. The highest BCUT2D eigenvalue weighted by Gasteiger charge is 2.15. The molecule has 0 saturated carbocycles. The molecule has 0 spiro atoms. The van der Waals surface area contributed by atoms with Gasteiger partial charge in [-0.15, -0.1) is 0 Å². The van der Waals surface area contributed by atoms with E-state index in [9.17, 15) is 0 Å². The molecule has 0 atom stereocenters. The van der Waals surface area contributed by atoms with Gasteiger partial charge in [-0.1, -0.05) is 0 Å². The molecule has 0 amide bonds. The van der Waals surface area contributed by atoms with Gasteiger partial charge in [-0.05, 0) is 27.2 Å². The van der Waals surface area contributed by atoms with Crippen molar-refractivity contribution in [2.45, 2.75) is 39.3 Å². The molecular formula is C11H21N3O. The number of imidazole rings is 1. The van der Waals surface area contributed by atoms with E-state index in [0.29, 0.717) is 0 Å². The molecule has 2 N–H and O–H groups in total. The molecule has 4 heteroatoms. The van der Waals surface area contributed by atoms with E-state index < -0.39 is 0 Å². The highest BCUT2D eigenvalue weighted by molar-refractivity contribution is 4.88. The Balaban J connectivity index is 2.30. The first kappa shape index (κ1) is 12.2. The monoisotopic (exact) mass is 211 g/mol. The number of aliphatic hydroxyl groups excluding tert-OH is 1. The fourth-order valence-electron chi connectivity index (χ4n) is 1.52. The molecule has 0 bridgehead atoms. The lowest BCUT2D eigenvalue weighted by Gasteiger charge is -2.25. The summed E-state index contributed by atoms with van der Waals surface area (Å²) in [7, 11) is 0. The lowest BCUT2D eigenvalue weighted by molar-refractivity contribution is 0.230. The average molecular weight is 211 g/mol. The normalized spacial score (nSPS) is 12.0. The number of rotatable bonds is 6. The number of hydrogen-bond donors (Lipinski definition) is 2. The summed E-state index contributed by atoms with van der Waals surface area (Å²) in [5, 5.41) is 12.3. The van der Waals surface area contributed by atoms with Crippen molar-refractivity contribution >= 4 is 0 Å². The van der Waals surface area contributed by atoms with Gasteiger partial charge in [0.05, 0.1) is 0 Å². The molecule has 1 aromatic rings. The van der Waals surface area contributed by atoms with Crippen molar-refractivity contribution in [2.75, 3.05) is 13.2 Å². The fourth-order valence-corrected chi connectivity index (χ4v) is 1.52. The summed E-state index contributed by atoms with van der Waals surface area (Å²) >= 11 is 0. The van der Waals surface area contributed by atoms with Crippen LogP contribution in [0.5, 0.6) is 0 Å². The van der Waals surface area contributed by atoms with E-state index in [-0.39, 0.29) is 12.1 Å². The molecule has 15 heavy (non-hydrogen) atoms. The molecule has 0 aromatic carbocycles. The van der Waals surface area contributed by atoms with Crippen LogP contribution in [0.25, 0.3) is 0 Å². The van der Waals surface area contributed by atoms with Gasteiger partial charge in [0.2, 0.25) is 0 Å². The Bertz CT molecular complexity index is 294. The number of nitrogens with zero attached hydrogens (tertiary/aromatic N) is 2. The van der Waals surface area contributed by atoms with E-state index in [2.05, 4.69) is 28.7 Å². The second-order valence-corrected chi connectivity index (χ2v) is 4.45. The van der Waals surface area contributed by atoms with Crippen molar-refractivity contribution in [3.63, 3.8) is 0 Å². The van der Waals surface area contributed by atoms with Crippen molar-refractivity contribution in [1.82, 2.24) is 14.9 Å². The molecule has 0 aliphatic rings. The SMILES string of the molecule is Cc1nccn1CCNC(C)(C)CCO. The van der Waals surface area contributed by atoms with Gasteiger partial charge in [-0.25, -0.2) is 4.98 Å². The molecule has 1 heterocycles. The van der Waals surface area contributed by atoms with Crippen LogP contribution in [0.3, 0.4) is 0 Å². The lowest BCUT2D eigenvalue weighted by Crippen LogP contribution is -2.41. The van der Waals surface area contributed by atoms with Gasteiger partial charge < -0.3 is 15.0 Å². The van der Waals surface area contributed by atoms with Gasteiger partial charge in [-0.2, -0.15) is 0 Å². The van der Waals surface area contributed by atoms with Crippen molar-refractivity contribution in [2.24, 2.45) is 0 Å². The number of aryl methyl sites for hydroxylation is 1. The van der Waals surface area contributed by atoms with Crippen LogP contribution in [-0.2, 0) is 6.54 Å². The van der Waals surface area contributed by atoms with Crippen molar-refractivity contribution in [1.29, 1.82) is 0 Å². The molecule has 4 nitrogen and oxygen atoms in total. The number of nitrogens with one attached hydrogen (secondary N) is 1. The Morgan fingerprint density at radius 2 is 2.27 bits per heavy atom. The first-order valence-corrected chi connectivity index (χ1v) is 5.39. The predicted octanol–water partition coefficient (Wildman–Crippen LogP) is 0.942. The summed E-state index contributed by atoms with van der Waals surface area (Å²) in [5.74, 6) is 1.04. The topological polar surface area (TPSA) is 50.1 Å². The van der Waals surface area contributed by atoms with Gasteiger partial charge in [0.15, 0.2) is 0 Å². The molecule has 0 fully saturated rings. The van der Waals surface area contributed by atoms with E-state index in [1.807, 2.05) is 19.3 Å². The Kier molecular flexibility index (Phi) is 4.29. The van der Waals surface area contributed by atoms with Gasteiger partial charge in [0.1, 0.15) is 5.82 Å². The molecule has 0 aliphatic heterocycles. The third kappa shape index (κ3) is 4.01. The van der Waals surface area contributed by atoms with Crippen molar-refractivity contribution in [3.8, 4) is 0 Å². The Hall–Kier alpha value is -0.870. The predicted molar refractivity (Wildman–Crippen MR) is 60.7 cm³/mol.